The summed E-state index contributed by atoms with van der Waals surface area (Å²) in [6, 6.07) is 0. The third kappa shape index (κ3) is 4.39. The molecule has 9 heavy (non-hydrogen) atoms. The molecule has 3 nitrogen and oxygen atoms in total. The van der Waals surface area contributed by atoms with Gasteiger partial charge < -0.3 is 15.3 Å². The minimum Gasteiger partial charge on any atom is -0.396 e. The Kier molecular flexibility index (Phi) is 3.77. The van der Waals surface area contributed by atoms with Crippen molar-refractivity contribution >= 4 is 0 Å². The van der Waals surface area contributed by atoms with E-state index in [4.69, 9.17) is 15.3 Å². The molecule has 0 heterocycles. The zero-order valence-corrected chi connectivity index (χ0v) is 5.67. The molecule has 0 aliphatic heterocycles. The van der Waals surface area contributed by atoms with Crippen molar-refractivity contribution in [1.29, 1.82) is 0 Å². The first-order valence-corrected chi connectivity index (χ1v) is 3.06. The maximum absolute atomic E-state index is 9.09. The number of aliphatic hydroxyl groups excluding tert-OH is 2. The van der Waals surface area contributed by atoms with Crippen molar-refractivity contribution in [2.24, 2.45) is 0 Å². The van der Waals surface area contributed by atoms with Crippen LogP contribution in [0.3, 0.4) is 0 Å². The van der Waals surface area contributed by atoms with Crippen molar-refractivity contribution in [3.63, 3.8) is 0 Å². The lowest BCUT2D eigenvalue weighted by Crippen LogP contribution is -2.28. The Morgan fingerprint density at radius 2 is 1.89 bits per heavy atom. The molecule has 1 unspecified atom stereocenters. The lowest BCUT2D eigenvalue weighted by molar-refractivity contribution is -0.00942. The van der Waals surface area contributed by atoms with E-state index in [9.17, 15) is 0 Å². The predicted octanol–water partition coefficient (Wildman–Crippen LogP) is -0.498. The third-order valence-electron chi connectivity index (χ3n) is 1.21. The molecule has 0 aromatic heterocycles. The fourth-order valence-electron chi connectivity index (χ4n) is 0.539. The minimum atomic E-state index is -1.01. The van der Waals surface area contributed by atoms with E-state index in [0.717, 1.165) is 0 Å². The summed E-state index contributed by atoms with van der Waals surface area (Å²) < 4.78 is 0. The first kappa shape index (κ1) is 8.88. The molecule has 0 aromatic rings. The second-order valence-electron chi connectivity index (χ2n) is 2.48. The van der Waals surface area contributed by atoms with Gasteiger partial charge in [0.25, 0.3) is 0 Å². The van der Waals surface area contributed by atoms with Gasteiger partial charge >= 0.3 is 0 Å². The summed E-state index contributed by atoms with van der Waals surface area (Å²) in [4.78, 5) is 0. The maximum atomic E-state index is 9.09. The van der Waals surface area contributed by atoms with Crippen molar-refractivity contribution in [3.8, 4) is 0 Å². The van der Waals surface area contributed by atoms with Gasteiger partial charge in [-0.15, -0.1) is 0 Å². The molecule has 0 rings (SSSR count). The molecule has 0 amide bonds. The number of hydrogen-bond acceptors (Lipinski definition) is 3. The van der Waals surface area contributed by atoms with Gasteiger partial charge in [0, 0.05) is 6.61 Å². The van der Waals surface area contributed by atoms with E-state index >= 15 is 0 Å². The zero-order chi connectivity index (χ0) is 7.33. The first-order valence-electron chi connectivity index (χ1n) is 3.06. The normalized spacial score (nSPS) is 17.3. The summed E-state index contributed by atoms with van der Waals surface area (Å²) >= 11 is 0. The van der Waals surface area contributed by atoms with Crippen LogP contribution in [0.5, 0.6) is 0 Å². The molecule has 56 valence electrons. The summed E-state index contributed by atoms with van der Waals surface area (Å²) in [6.45, 7) is 1.37. The molecular weight excluding hydrogens is 120 g/mol. The molecule has 0 saturated carbocycles. The highest BCUT2D eigenvalue weighted by Crippen LogP contribution is 2.09. The van der Waals surface area contributed by atoms with Gasteiger partial charge in [0.15, 0.2) is 0 Å². The first-order chi connectivity index (χ1) is 4.12. The average Bonchev–Trinajstić information content (AvgIpc) is 1.84. The van der Waals surface area contributed by atoms with Crippen molar-refractivity contribution in [3.05, 3.63) is 0 Å². The van der Waals surface area contributed by atoms with E-state index in [2.05, 4.69) is 0 Å². The molecule has 0 bridgehead atoms. The Bertz CT molecular complexity index is 70.7. The lowest BCUT2D eigenvalue weighted by Gasteiger charge is -2.18. The van der Waals surface area contributed by atoms with Crippen LogP contribution in [-0.2, 0) is 0 Å². The molecule has 3 N–H and O–H groups in total. The second kappa shape index (κ2) is 3.82. The van der Waals surface area contributed by atoms with Gasteiger partial charge in [-0.25, -0.2) is 0 Å². The minimum absolute atomic E-state index is 0.0656. The van der Waals surface area contributed by atoms with Gasteiger partial charge in [-0.3, -0.25) is 0 Å². The fraction of sp³-hybridized carbons (Fsp3) is 1.00. The van der Waals surface area contributed by atoms with Gasteiger partial charge in [-0.2, -0.15) is 0 Å². The van der Waals surface area contributed by atoms with Crippen LogP contribution >= 0.6 is 0 Å². The average molecular weight is 134 g/mol. The van der Waals surface area contributed by atoms with E-state index in [-0.39, 0.29) is 13.2 Å². The van der Waals surface area contributed by atoms with Crippen LogP contribution in [0.4, 0.5) is 0 Å². The standard InChI is InChI=1S/C6H14O3/c1-6(9,5-8)3-2-4-7/h7-9H,2-5H2,1H3. The smallest absolute Gasteiger partial charge is 0.0850 e. The van der Waals surface area contributed by atoms with Gasteiger partial charge in [-0.1, -0.05) is 0 Å². The van der Waals surface area contributed by atoms with Crippen LogP contribution in [0, 0.1) is 0 Å². The van der Waals surface area contributed by atoms with E-state index < -0.39 is 5.60 Å². The van der Waals surface area contributed by atoms with Crippen molar-refractivity contribution < 1.29 is 15.3 Å². The summed E-state index contributed by atoms with van der Waals surface area (Å²) in [5.74, 6) is 0. The molecule has 0 saturated heterocycles. The van der Waals surface area contributed by atoms with Crippen molar-refractivity contribution in [2.75, 3.05) is 13.2 Å². The van der Waals surface area contributed by atoms with Crippen molar-refractivity contribution in [1.82, 2.24) is 0 Å². The van der Waals surface area contributed by atoms with E-state index in [1.807, 2.05) is 0 Å². The molecule has 0 aliphatic rings. The highest BCUT2D eigenvalue weighted by Gasteiger charge is 2.17. The number of aliphatic hydroxyl groups is 3. The molecule has 0 fully saturated rings. The van der Waals surface area contributed by atoms with Crippen LogP contribution in [0.2, 0.25) is 0 Å². The largest absolute Gasteiger partial charge is 0.396 e. The fourth-order valence-corrected chi connectivity index (χ4v) is 0.539. The third-order valence-corrected chi connectivity index (χ3v) is 1.21. The topological polar surface area (TPSA) is 60.7 Å². The van der Waals surface area contributed by atoms with Gasteiger partial charge in [0.05, 0.1) is 12.2 Å². The summed E-state index contributed by atoms with van der Waals surface area (Å²) in [5.41, 5.74) is -1.01. The van der Waals surface area contributed by atoms with E-state index in [1.54, 1.807) is 6.92 Å². The second-order valence-corrected chi connectivity index (χ2v) is 2.48. The van der Waals surface area contributed by atoms with Crippen LogP contribution in [-0.4, -0.2) is 34.1 Å². The van der Waals surface area contributed by atoms with Crippen molar-refractivity contribution in [2.45, 2.75) is 25.4 Å². The van der Waals surface area contributed by atoms with Gasteiger partial charge in [0.2, 0.25) is 0 Å². The molecule has 0 aliphatic carbocycles. The Labute approximate surface area is 54.9 Å². The SMILES string of the molecule is CC(O)(CO)CCCO. The summed E-state index contributed by atoms with van der Waals surface area (Å²) in [6.07, 6.45) is 0.980. The summed E-state index contributed by atoms with van der Waals surface area (Å²) in [5, 5.41) is 25.9. The highest BCUT2D eigenvalue weighted by atomic mass is 16.3. The van der Waals surface area contributed by atoms with E-state index in [1.165, 1.54) is 0 Å². The van der Waals surface area contributed by atoms with Crippen LogP contribution in [0.1, 0.15) is 19.8 Å². The molecular formula is C6H14O3. The van der Waals surface area contributed by atoms with Crippen LogP contribution < -0.4 is 0 Å². The van der Waals surface area contributed by atoms with Crippen LogP contribution in [0.15, 0.2) is 0 Å². The Morgan fingerprint density at radius 3 is 2.22 bits per heavy atom. The summed E-state index contributed by atoms with van der Waals surface area (Å²) in [7, 11) is 0. The Balaban J connectivity index is 3.33. The number of hydrogen-bond donors (Lipinski definition) is 3. The monoisotopic (exact) mass is 134 g/mol. The van der Waals surface area contributed by atoms with Gasteiger partial charge in [0.1, 0.15) is 0 Å². The zero-order valence-electron chi connectivity index (χ0n) is 5.67. The predicted molar refractivity (Wildman–Crippen MR) is 34.0 cm³/mol. The molecule has 0 aromatic carbocycles. The highest BCUT2D eigenvalue weighted by molar-refractivity contribution is 4.69. The van der Waals surface area contributed by atoms with Gasteiger partial charge in [-0.05, 0) is 19.8 Å². The maximum Gasteiger partial charge on any atom is 0.0850 e. The lowest BCUT2D eigenvalue weighted by atomic mass is 10.0. The molecule has 0 radical (unpaired) electrons. The molecule has 0 spiro atoms. The van der Waals surface area contributed by atoms with E-state index in [0.29, 0.717) is 12.8 Å². The molecule has 1 atom stereocenters. The quantitative estimate of drug-likeness (QED) is 0.486. The Hall–Kier alpha value is -0.120. The Morgan fingerprint density at radius 1 is 1.33 bits per heavy atom. The number of rotatable bonds is 4. The van der Waals surface area contributed by atoms with Crippen LogP contribution in [0.25, 0.3) is 0 Å². The molecule has 3 heteroatoms.